The van der Waals surface area contributed by atoms with Gasteiger partial charge < -0.3 is 4.74 Å². The molecule has 18 heavy (non-hydrogen) atoms. The number of ether oxygens (including phenoxy) is 1. The first kappa shape index (κ1) is 12.4. The van der Waals surface area contributed by atoms with Crippen molar-refractivity contribution < 1.29 is 17.9 Å². The number of pyridine rings is 1. The van der Waals surface area contributed by atoms with Gasteiger partial charge in [0.25, 0.3) is 0 Å². The van der Waals surface area contributed by atoms with Crippen molar-refractivity contribution in [2.45, 2.75) is 6.18 Å². The van der Waals surface area contributed by atoms with E-state index >= 15 is 0 Å². The molecule has 1 aromatic carbocycles. The number of benzene rings is 1. The van der Waals surface area contributed by atoms with Crippen molar-refractivity contribution in [3.05, 3.63) is 48.2 Å². The Kier molecular flexibility index (Phi) is 3.23. The van der Waals surface area contributed by atoms with Crippen LogP contribution in [-0.4, -0.2) is 12.1 Å². The number of hydrogen-bond acceptors (Lipinski definition) is 2. The van der Waals surface area contributed by atoms with Gasteiger partial charge in [-0.15, -0.1) is 0 Å². The van der Waals surface area contributed by atoms with E-state index in [0.717, 1.165) is 12.1 Å². The molecule has 1 aromatic heterocycles. The summed E-state index contributed by atoms with van der Waals surface area (Å²) in [6.07, 6.45) is -2.76. The molecule has 0 saturated carbocycles. The second kappa shape index (κ2) is 4.68. The quantitative estimate of drug-likeness (QED) is 0.812. The molecule has 5 heteroatoms. The molecular formula is C13H10F3NO. The van der Waals surface area contributed by atoms with Crippen LogP contribution in [0.2, 0.25) is 0 Å². The number of hydrogen-bond donors (Lipinski definition) is 0. The zero-order valence-electron chi connectivity index (χ0n) is 9.53. The van der Waals surface area contributed by atoms with Crippen LogP contribution in [0.3, 0.4) is 0 Å². The molecule has 0 fully saturated rings. The summed E-state index contributed by atoms with van der Waals surface area (Å²) in [6.45, 7) is 0. The number of methoxy groups -OCH3 is 1. The molecule has 0 atom stereocenters. The summed E-state index contributed by atoms with van der Waals surface area (Å²) < 4.78 is 42.4. The molecule has 94 valence electrons. The average Bonchev–Trinajstić information content (AvgIpc) is 2.38. The fourth-order valence-corrected chi connectivity index (χ4v) is 1.59. The highest BCUT2D eigenvalue weighted by Crippen LogP contribution is 2.32. The lowest BCUT2D eigenvalue weighted by atomic mass is 10.1. The standard InChI is InChI=1S/C13H10F3NO/c1-18-11-3-2-8-17-12(11)9-4-6-10(7-5-9)13(14,15)16/h2-8H,1H3. The highest BCUT2D eigenvalue weighted by Gasteiger charge is 2.30. The molecule has 0 spiro atoms. The first-order valence-electron chi connectivity index (χ1n) is 5.19. The lowest BCUT2D eigenvalue weighted by molar-refractivity contribution is -0.137. The van der Waals surface area contributed by atoms with E-state index in [-0.39, 0.29) is 0 Å². The molecule has 0 amide bonds. The van der Waals surface area contributed by atoms with Crippen molar-refractivity contribution in [3.8, 4) is 17.0 Å². The topological polar surface area (TPSA) is 22.1 Å². The fourth-order valence-electron chi connectivity index (χ4n) is 1.59. The highest BCUT2D eigenvalue weighted by atomic mass is 19.4. The molecule has 2 aromatic rings. The second-order valence-corrected chi connectivity index (χ2v) is 3.63. The molecule has 0 N–H and O–H groups in total. The van der Waals surface area contributed by atoms with Gasteiger partial charge in [0.05, 0.1) is 12.7 Å². The molecule has 1 heterocycles. The largest absolute Gasteiger partial charge is 0.494 e. The molecular weight excluding hydrogens is 243 g/mol. The van der Waals surface area contributed by atoms with E-state index in [1.807, 2.05) is 0 Å². The Morgan fingerprint density at radius 1 is 1.06 bits per heavy atom. The van der Waals surface area contributed by atoms with Crippen LogP contribution >= 0.6 is 0 Å². The van der Waals surface area contributed by atoms with E-state index in [1.54, 1.807) is 18.3 Å². The first-order valence-corrected chi connectivity index (χ1v) is 5.19. The Morgan fingerprint density at radius 2 is 1.72 bits per heavy atom. The molecule has 0 radical (unpaired) electrons. The van der Waals surface area contributed by atoms with Crippen LogP contribution in [-0.2, 0) is 6.18 Å². The molecule has 0 saturated heterocycles. The van der Waals surface area contributed by atoms with Crippen molar-refractivity contribution in [2.75, 3.05) is 7.11 Å². The minimum absolute atomic E-state index is 0.522. The van der Waals surface area contributed by atoms with Crippen LogP contribution in [0.15, 0.2) is 42.6 Å². The first-order chi connectivity index (χ1) is 8.52. The Hall–Kier alpha value is -2.04. The summed E-state index contributed by atoms with van der Waals surface area (Å²) in [5.41, 5.74) is 0.426. The maximum Gasteiger partial charge on any atom is 0.416 e. The van der Waals surface area contributed by atoms with Crippen LogP contribution in [0, 0.1) is 0 Å². The monoisotopic (exact) mass is 253 g/mol. The average molecular weight is 253 g/mol. The third kappa shape index (κ3) is 2.45. The second-order valence-electron chi connectivity index (χ2n) is 3.63. The van der Waals surface area contributed by atoms with E-state index in [0.29, 0.717) is 17.0 Å². The van der Waals surface area contributed by atoms with E-state index in [4.69, 9.17) is 4.74 Å². The van der Waals surface area contributed by atoms with Gasteiger partial charge >= 0.3 is 6.18 Å². The highest BCUT2D eigenvalue weighted by molar-refractivity contribution is 5.66. The maximum absolute atomic E-state index is 12.4. The van der Waals surface area contributed by atoms with Gasteiger partial charge in [-0.25, -0.2) is 0 Å². The van der Waals surface area contributed by atoms with E-state index in [2.05, 4.69) is 4.98 Å². The summed E-state index contributed by atoms with van der Waals surface area (Å²) >= 11 is 0. The molecule has 0 aliphatic carbocycles. The van der Waals surface area contributed by atoms with Gasteiger partial charge in [0.15, 0.2) is 0 Å². The van der Waals surface area contributed by atoms with Gasteiger partial charge in [-0.3, -0.25) is 4.98 Å². The summed E-state index contributed by atoms with van der Waals surface area (Å²) in [5.74, 6) is 0.525. The van der Waals surface area contributed by atoms with Crippen LogP contribution in [0.25, 0.3) is 11.3 Å². The SMILES string of the molecule is COc1cccnc1-c1ccc(C(F)(F)F)cc1. The molecule has 0 bridgehead atoms. The summed E-state index contributed by atoms with van der Waals surface area (Å²) in [7, 11) is 1.49. The summed E-state index contributed by atoms with van der Waals surface area (Å²) in [5, 5.41) is 0. The predicted molar refractivity (Wildman–Crippen MR) is 61.2 cm³/mol. The fraction of sp³-hybridized carbons (Fsp3) is 0.154. The molecule has 0 aliphatic rings. The van der Waals surface area contributed by atoms with Crippen molar-refractivity contribution in [3.63, 3.8) is 0 Å². The number of alkyl halides is 3. The zero-order valence-corrected chi connectivity index (χ0v) is 9.53. The van der Waals surface area contributed by atoms with Crippen molar-refractivity contribution in [1.29, 1.82) is 0 Å². The lowest BCUT2D eigenvalue weighted by Gasteiger charge is -2.09. The number of nitrogens with zero attached hydrogens (tertiary/aromatic N) is 1. The Labute approximate surface area is 102 Å². The number of rotatable bonds is 2. The number of halogens is 3. The minimum Gasteiger partial charge on any atom is -0.494 e. The van der Waals surface area contributed by atoms with Crippen molar-refractivity contribution >= 4 is 0 Å². The Balaban J connectivity index is 2.41. The van der Waals surface area contributed by atoms with Crippen LogP contribution in [0.5, 0.6) is 5.75 Å². The van der Waals surface area contributed by atoms with Crippen molar-refractivity contribution in [1.82, 2.24) is 4.98 Å². The molecule has 0 aliphatic heterocycles. The minimum atomic E-state index is -4.33. The smallest absolute Gasteiger partial charge is 0.416 e. The molecule has 0 unspecified atom stereocenters. The van der Waals surface area contributed by atoms with Gasteiger partial charge in [0.2, 0.25) is 0 Å². The molecule has 2 nitrogen and oxygen atoms in total. The number of aromatic nitrogens is 1. The van der Waals surface area contributed by atoms with Crippen LogP contribution < -0.4 is 4.74 Å². The maximum atomic E-state index is 12.4. The van der Waals surface area contributed by atoms with Crippen LogP contribution in [0.4, 0.5) is 13.2 Å². The summed E-state index contributed by atoms with van der Waals surface area (Å²) in [4.78, 5) is 4.11. The van der Waals surface area contributed by atoms with Gasteiger partial charge in [-0.05, 0) is 24.3 Å². The third-order valence-electron chi connectivity index (χ3n) is 2.48. The summed E-state index contributed by atoms with van der Waals surface area (Å²) in [6, 6.07) is 8.24. The van der Waals surface area contributed by atoms with Crippen LogP contribution in [0.1, 0.15) is 5.56 Å². The molecule has 2 rings (SSSR count). The third-order valence-corrected chi connectivity index (χ3v) is 2.48. The predicted octanol–water partition coefficient (Wildman–Crippen LogP) is 3.78. The van der Waals surface area contributed by atoms with Gasteiger partial charge in [0, 0.05) is 11.8 Å². The van der Waals surface area contributed by atoms with Gasteiger partial charge in [-0.1, -0.05) is 12.1 Å². The van der Waals surface area contributed by atoms with Gasteiger partial charge in [-0.2, -0.15) is 13.2 Å². The van der Waals surface area contributed by atoms with E-state index in [1.165, 1.54) is 19.2 Å². The van der Waals surface area contributed by atoms with Gasteiger partial charge in [0.1, 0.15) is 11.4 Å². The Bertz CT molecular complexity index is 535. The lowest BCUT2D eigenvalue weighted by Crippen LogP contribution is -2.04. The van der Waals surface area contributed by atoms with Crippen molar-refractivity contribution in [2.24, 2.45) is 0 Å². The van der Waals surface area contributed by atoms with E-state index in [9.17, 15) is 13.2 Å². The van der Waals surface area contributed by atoms with E-state index < -0.39 is 11.7 Å². The normalized spacial score (nSPS) is 11.3. The Morgan fingerprint density at radius 3 is 2.28 bits per heavy atom. The zero-order chi connectivity index (χ0) is 13.2.